The van der Waals surface area contributed by atoms with Crippen molar-refractivity contribution in [3.05, 3.63) is 53.6 Å². The van der Waals surface area contributed by atoms with Crippen molar-refractivity contribution in [2.45, 2.75) is 44.7 Å². The zero-order chi connectivity index (χ0) is 24.9. The maximum atomic E-state index is 13.0. The van der Waals surface area contributed by atoms with E-state index in [1.165, 1.54) is 10.4 Å². The monoisotopic (exact) mass is 496 g/mol. The number of hydrogen-bond donors (Lipinski definition) is 0. The second-order valence-corrected chi connectivity index (χ2v) is 10.2. The average molecular weight is 497 g/mol. The van der Waals surface area contributed by atoms with E-state index in [1.54, 1.807) is 55.3 Å². The van der Waals surface area contributed by atoms with Crippen molar-refractivity contribution in [1.82, 2.24) is 9.21 Å². The van der Waals surface area contributed by atoms with Gasteiger partial charge >= 0.3 is 6.61 Å². The lowest BCUT2D eigenvalue weighted by molar-refractivity contribution is -0.135. The molecular weight excluding hydrogens is 466 g/mol. The van der Waals surface area contributed by atoms with Gasteiger partial charge in [0.2, 0.25) is 15.9 Å². The molecule has 2 aromatic carbocycles. The van der Waals surface area contributed by atoms with Crippen LogP contribution in [0, 0.1) is 12.8 Å². The average Bonchev–Trinajstić information content (AvgIpc) is 2.80. The van der Waals surface area contributed by atoms with Gasteiger partial charge in [0.05, 0.1) is 11.5 Å². The Labute approximate surface area is 199 Å². The standard InChI is InChI=1S/C24H30F2N2O5S/c1-4-32-22-15-18(7-10-21(22)33-24(25)26)16-27(3)23(29)19-11-13-28(14-12-19)34(30,31)20-8-5-17(2)6-9-20/h5-10,15,19,24H,4,11-14,16H2,1-3H3. The number of aryl methyl sites for hydroxylation is 1. The maximum Gasteiger partial charge on any atom is 0.387 e. The minimum Gasteiger partial charge on any atom is -0.490 e. The van der Waals surface area contributed by atoms with Crippen molar-refractivity contribution in [3.63, 3.8) is 0 Å². The number of ether oxygens (including phenoxy) is 2. The Morgan fingerprint density at radius 1 is 1.12 bits per heavy atom. The molecule has 1 aliphatic heterocycles. The van der Waals surface area contributed by atoms with Gasteiger partial charge in [-0.25, -0.2) is 8.42 Å². The largest absolute Gasteiger partial charge is 0.490 e. The molecule has 0 saturated carbocycles. The summed E-state index contributed by atoms with van der Waals surface area (Å²) in [6, 6.07) is 11.3. The topological polar surface area (TPSA) is 76.2 Å². The maximum absolute atomic E-state index is 13.0. The van der Waals surface area contributed by atoms with Gasteiger partial charge < -0.3 is 14.4 Å². The first-order valence-corrected chi connectivity index (χ1v) is 12.6. The summed E-state index contributed by atoms with van der Waals surface area (Å²) in [6.07, 6.45) is 0.860. The molecule has 0 N–H and O–H groups in total. The number of amides is 1. The summed E-state index contributed by atoms with van der Waals surface area (Å²) in [6.45, 7) is 1.75. The van der Waals surface area contributed by atoms with Crippen LogP contribution in [0.5, 0.6) is 11.5 Å². The normalized spacial score (nSPS) is 15.4. The van der Waals surface area contributed by atoms with E-state index in [9.17, 15) is 22.0 Å². The summed E-state index contributed by atoms with van der Waals surface area (Å²) in [5.74, 6) is -0.243. The van der Waals surface area contributed by atoms with Gasteiger partial charge in [-0.3, -0.25) is 4.79 Å². The van der Waals surface area contributed by atoms with Crippen molar-refractivity contribution in [3.8, 4) is 11.5 Å². The molecule has 0 spiro atoms. The van der Waals surface area contributed by atoms with Crippen LogP contribution < -0.4 is 9.47 Å². The second kappa shape index (κ2) is 11.1. The molecule has 0 unspecified atom stereocenters. The van der Waals surface area contributed by atoms with Crippen LogP contribution in [0.15, 0.2) is 47.4 Å². The molecule has 1 saturated heterocycles. The SMILES string of the molecule is CCOc1cc(CN(C)C(=O)C2CCN(S(=O)(=O)c3ccc(C)cc3)CC2)ccc1OC(F)F. The van der Waals surface area contributed by atoms with E-state index in [-0.39, 0.29) is 54.5 Å². The molecule has 7 nitrogen and oxygen atoms in total. The summed E-state index contributed by atoms with van der Waals surface area (Å²) in [4.78, 5) is 14.8. The Hall–Kier alpha value is -2.72. The van der Waals surface area contributed by atoms with E-state index in [1.807, 2.05) is 6.92 Å². The Balaban J connectivity index is 1.60. The molecule has 0 aliphatic carbocycles. The van der Waals surface area contributed by atoms with Crippen molar-refractivity contribution in [2.24, 2.45) is 5.92 Å². The van der Waals surface area contributed by atoms with Gasteiger partial charge in [-0.2, -0.15) is 13.1 Å². The van der Waals surface area contributed by atoms with Crippen LogP contribution in [-0.4, -0.2) is 56.9 Å². The molecule has 0 radical (unpaired) electrons. The Kier molecular flexibility index (Phi) is 8.48. The smallest absolute Gasteiger partial charge is 0.387 e. The zero-order valence-corrected chi connectivity index (χ0v) is 20.4. The van der Waals surface area contributed by atoms with Gasteiger partial charge in [-0.05, 0) is 56.5 Å². The van der Waals surface area contributed by atoms with E-state index in [0.717, 1.165) is 5.56 Å². The Bertz CT molecular complexity index is 1090. The molecule has 34 heavy (non-hydrogen) atoms. The number of piperidine rings is 1. The summed E-state index contributed by atoms with van der Waals surface area (Å²) in [5, 5.41) is 0. The number of carbonyl (C=O) groups excluding carboxylic acids is 1. The summed E-state index contributed by atoms with van der Waals surface area (Å²) >= 11 is 0. The van der Waals surface area contributed by atoms with Crippen LogP contribution in [0.2, 0.25) is 0 Å². The number of benzene rings is 2. The third kappa shape index (κ3) is 6.24. The van der Waals surface area contributed by atoms with Crippen LogP contribution >= 0.6 is 0 Å². The van der Waals surface area contributed by atoms with Crippen LogP contribution in [0.4, 0.5) is 8.78 Å². The number of rotatable bonds is 9. The lowest BCUT2D eigenvalue weighted by atomic mass is 9.96. The number of sulfonamides is 1. The highest BCUT2D eigenvalue weighted by atomic mass is 32.2. The molecular formula is C24H30F2N2O5S. The van der Waals surface area contributed by atoms with Crippen LogP contribution in [0.25, 0.3) is 0 Å². The third-order valence-corrected chi connectivity index (χ3v) is 7.69. The van der Waals surface area contributed by atoms with Crippen LogP contribution in [0.1, 0.15) is 30.9 Å². The molecule has 0 atom stereocenters. The molecule has 1 amide bonds. The highest BCUT2D eigenvalue weighted by molar-refractivity contribution is 7.89. The Morgan fingerprint density at radius 3 is 2.35 bits per heavy atom. The van der Waals surface area contributed by atoms with Gasteiger partial charge in [0.1, 0.15) is 0 Å². The predicted octanol–water partition coefficient (Wildman–Crippen LogP) is 4.05. The first-order chi connectivity index (χ1) is 16.1. The summed E-state index contributed by atoms with van der Waals surface area (Å²) in [7, 11) is -1.92. The molecule has 2 aromatic rings. The minimum atomic E-state index is -3.59. The van der Waals surface area contributed by atoms with Gasteiger partial charge in [-0.1, -0.05) is 23.8 Å². The van der Waals surface area contributed by atoms with E-state index in [0.29, 0.717) is 18.4 Å². The van der Waals surface area contributed by atoms with Gasteiger partial charge in [0, 0.05) is 32.6 Å². The second-order valence-electron chi connectivity index (χ2n) is 8.28. The van der Waals surface area contributed by atoms with Gasteiger partial charge in [0.15, 0.2) is 11.5 Å². The fraction of sp³-hybridized carbons (Fsp3) is 0.458. The molecule has 1 aliphatic rings. The predicted molar refractivity (Wildman–Crippen MR) is 123 cm³/mol. The first kappa shape index (κ1) is 25.9. The molecule has 0 bridgehead atoms. The lowest BCUT2D eigenvalue weighted by Crippen LogP contribution is -2.43. The quantitative estimate of drug-likeness (QED) is 0.524. The number of alkyl halides is 2. The van der Waals surface area contributed by atoms with E-state index in [4.69, 9.17) is 4.74 Å². The van der Waals surface area contributed by atoms with Crippen molar-refractivity contribution >= 4 is 15.9 Å². The number of hydrogen-bond acceptors (Lipinski definition) is 5. The fourth-order valence-electron chi connectivity index (χ4n) is 3.98. The minimum absolute atomic E-state index is 0.0586. The number of carbonyl (C=O) groups is 1. The summed E-state index contributed by atoms with van der Waals surface area (Å²) in [5.41, 5.74) is 1.69. The van der Waals surface area contributed by atoms with E-state index in [2.05, 4.69) is 4.74 Å². The lowest BCUT2D eigenvalue weighted by Gasteiger charge is -2.32. The summed E-state index contributed by atoms with van der Waals surface area (Å²) < 4.78 is 62.3. The molecule has 0 aromatic heterocycles. The third-order valence-electron chi connectivity index (χ3n) is 5.78. The van der Waals surface area contributed by atoms with Crippen molar-refractivity contribution in [2.75, 3.05) is 26.7 Å². The van der Waals surface area contributed by atoms with Crippen LogP contribution in [-0.2, 0) is 21.4 Å². The zero-order valence-electron chi connectivity index (χ0n) is 19.5. The van der Waals surface area contributed by atoms with Gasteiger partial charge in [0.25, 0.3) is 0 Å². The van der Waals surface area contributed by atoms with Gasteiger partial charge in [-0.15, -0.1) is 0 Å². The molecule has 186 valence electrons. The molecule has 1 heterocycles. The molecule has 3 rings (SSSR count). The number of halogens is 2. The van der Waals surface area contributed by atoms with Crippen molar-refractivity contribution < 1.29 is 31.5 Å². The first-order valence-electron chi connectivity index (χ1n) is 11.1. The van der Waals surface area contributed by atoms with Crippen molar-refractivity contribution in [1.29, 1.82) is 0 Å². The fourth-order valence-corrected chi connectivity index (χ4v) is 5.45. The number of nitrogens with zero attached hydrogens (tertiary/aromatic N) is 2. The highest BCUT2D eigenvalue weighted by Crippen LogP contribution is 2.31. The van der Waals surface area contributed by atoms with Crippen LogP contribution in [0.3, 0.4) is 0 Å². The van der Waals surface area contributed by atoms with E-state index >= 15 is 0 Å². The molecule has 10 heteroatoms. The van der Waals surface area contributed by atoms with E-state index < -0.39 is 16.6 Å². The molecule has 1 fully saturated rings. The highest BCUT2D eigenvalue weighted by Gasteiger charge is 2.33. The Morgan fingerprint density at radius 2 is 1.76 bits per heavy atom.